The van der Waals surface area contributed by atoms with Crippen molar-refractivity contribution in [3.05, 3.63) is 29.8 Å². The summed E-state index contributed by atoms with van der Waals surface area (Å²) in [7, 11) is 0. The van der Waals surface area contributed by atoms with Crippen molar-refractivity contribution in [1.82, 2.24) is 4.90 Å². The number of carbonyl (C=O) groups is 2. The lowest BCUT2D eigenvalue weighted by Gasteiger charge is -2.25. The third-order valence-electron chi connectivity index (χ3n) is 2.95. The van der Waals surface area contributed by atoms with Crippen molar-refractivity contribution in [2.24, 2.45) is 11.8 Å². The molecule has 0 bridgehead atoms. The molecule has 22 heavy (non-hydrogen) atoms. The highest BCUT2D eigenvalue weighted by Crippen LogP contribution is 2.14. The molecule has 0 unspecified atom stereocenters. The molecule has 1 aromatic rings. The number of hydrogen-bond acceptors (Lipinski definition) is 3. The summed E-state index contributed by atoms with van der Waals surface area (Å²) in [6.07, 6.45) is 0. The Morgan fingerprint density at radius 3 is 2.18 bits per heavy atom. The summed E-state index contributed by atoms with van der Waals surface area (Å²) >= 11 is 0. The quantitative estimate of drug-likeness (QED) is 0.850. The molecular weight excluding hydrogens is 278 g/mol. The van der Waals surface area contributed by atoms with Gasteiger partial charge in [-0.1, -0.05) is 39.8 Å². The largest absolute Gasteiger partial charge is 0.334 e. The second-order valence-corrected chi connectivity index (χ2v) is 6.11. The molecule has 0 atom stereocenters. The van der Waals surface area contributed by atoms with Crippen LogP contribution >= 0.6 is 0 Å². The molecule has 118 valence electrons. The lowest BCUT2D eigenvalue weighted by atomic mass is 10.1. The van der Waals surface area contributed by atoms with Gasteiger partial charge < -0.3 is 10.2 Å². The number of nitrogens with zero attached hydrogens (tertiary/aromatic N) is 2. The topological polar surface area (TPSA) is 73.2 Å². The van der Waals surface area contributed by atoms with Gasteiger partial charge in [-0.3, -0.25) is 9.59 Å². The normalized spacial score (nSPS) is 10.4. The first kappa shape index (κ1) is 17.7. The van der Waals surface area contributed by atoms with Crippen molar-refractivity contribution < 1.29 is 9.59 Å². The second kappa shape index (κ2) is 8.18. The molecule has 5 nitrogen and oxygen atoms in total. The molecule has 0 saturated heterocycles. The van der Waals surface area contributed by atoms with E-state index in [4.69, 9.17) is 5.26 Å². The summed E-state index contributed by atoms with van der Waals surface area (Å²) in [5.41, 5.74) is 0.695. The fraction of sp³-hybridized carbons (Fsp3) is 0.471. The fourth-order valence-corrected chi connectivity index (χ4v) is 2.13. The van der Waals surface area contributed by atoms with Crippen LogP contribution in [0.3, 0.4) is 0 Å². The standard InChI is InChI=1S/C17H23N3O2/c1-12(2)10-20(11-13(3)4)17(22)16(21)19-15-8-6-5-7-14(15)9-18/h5-8,12-13H,10-11H2,1-4H3,(H,19,21). The molecule has 5 heteroatoms. The SMILES string of the molecule is CC(C)CN(CC(C)C)C(=O)C(=O)Nc1ccccc1C#N. The first-order valence-corrected chi connectivity index (χ1v) is 7.44. The van der Waals surface area contributed by atoms with E-state index in [-0.39, 0.29) is 11.8 Å². The highest BCUT2D eigenvalue weighted by Gasteiger charge is 2.23. The van der Waals surface area contributed by atoms with Gasteiger partial charge in [-0.05, 0) is 24.0 Å². The van der Waals surface area contributed by atoms with Gasteiger partial charge in [0.25, 0.3) is 0 Å². The minimum Gasteiger partial charge on any atom is -0.334 e. The molecule has 0 fully saturated rings. The Labute approximate surface area is 131 Å². The Hall–Kier alpha value is -2.35. The van der Waals surface area contributed by atoms with Crippen LogP contribution < -0.4 is 5.32 Å². The predicted octanol–water partition coefficient (Wildman–Crippen LogP) is 2.64. The average Bonchev–Trinajstić information content (AvgIpc) is 2.45. The smallest absolute Gasteiger partial charge is 0.313 e. The highest BCUT2D eigenvalue weighted by atomic mass is 16.2. The molecule has 0 radical (unpaired) electrons. The van der Waals surface area contributed by atoms with Gasteiger partial charge in [0.05, 0.1) is 11.3 Å². The third-order valence-corrected chi connectivity index (χ3v) is 2.95. The third kappa shape index (κ3) is 5.21. The van der Waals surface area contributed by atoms with E-state index in [2.05, 4.69) is 5.32 Å². The van der Waals surface area contributed by atoms with Gasteiger partial charge in [-0.25, -0.2) is 0 Å². The van der Waals surface area contributed by atoms with Crippen LogP contribution in [-0.4, -0.2) is 29.8 Å². The minimum atomic E-state index is -0.705. The van der Waals surface area contributed by atoms with Crippen LogP contribution in [-0.2, 0) is 9.59 Å². The van der Waals surface area contributed by atoms with Crippen molar-refractivity contribution in [3.63, 3.8) is 0 Å². The van der Waals surface area contributed by atoms with Crippen molar-refractivity contribution in [2.45, 2.75) is 27.7 Å². The van der Waals surface area contributed by atoms with Crippen LogP contribution in [0.1, 0.15) is 33.3 Å². The summed E-state index contributed by atoms with van der Waals surface area (Å²) in [6.45, 7) is 9.08. The monoisotopic (exact) mass is 301 g/mol. The Morgan fingerprint density at radius 2 is 1.68 bits per heavy atom. The van der Waals surface area contributed by atoms with Crippen molar-refractivity contribution >= 4 is 17.5 Å². The molecule has 0 aromatic heterocycles. The van der Waals surface area contributed by atoms with Crippen molar-refractivity contribution in [2.75, 3.05) is 18.4 Å². The summed E-state index contributed by atoms with van der Waals surface area (Å²) in [5.74, 6) is -0.706. The Bertz CT molecular complexity index is 564. The molecular formula is C17H23N3O2. The van der Waals surface area contributed by atoms with Gasteiger partial charge in [0.15, 0.2) is 0 Å². The number of nitrogens with one attached hydrogen (secondary N) is 1. The van der Waals surface area contributed by atoms with E-state index in [0.717, 1.165) is 0 Å². The Balaban J connectivity index is 2.85. The molecule has 2 amide bonds. The zero-order valence-electron chi connectivity index (χ0n) is 13.6. The van der Waals surface area contributed by atoms with Crippen LogP contribution in [0.2, 0.25) is 0 Å². The molecule has 1 rings (SSSR count). The van der Waals surface area contributed by atoms with E-state index in [9.17, 15) is 9.59 Å². The molecule has 0 saturated carbocycles. The molecule has 0 aliphatic carbocycles. The highest BCUT2D eigenvalue weighted by molar-refractivity contribution is 6.39. The minimum absolute atomic E-state index is 0.280. The summed E-state index contributed by atoms with van der Waals surface area (Å²) in [4.78, 5) is 26.1. The van der Waals surface area contributed by atoms with Gasteiger partial charge in [0, 0.05) is 13.1 Å². The summed E-state index contributed by atoms with van der Waals surface area (Å²) < 4.78 is 0. The maximum atomic E-state index is 12.3. The van der Waals surface area contributed by atoms with Crippen LogP contribution in [0.25, 0.3) is 0 Å². The van der Waals surface area contributed by atoms with Gasteiger partial charge in [0.1, 0.15) is 6.07 Å². The van der Waals surface area contributed by atoms with Gasteiger partial charge in [-0.15, -0.1) is 0 Å². The predicted molar refractivity (Wildman–Crippen MR) is 86.0 cm³/mol. The maximum absolute atomic E-state index is 12.3. The van der Waals surface area contributed by atoms with E-state index in [1.165, 1.54) is 0 Å². The maximum Gasteiger partial charge on any atom is 0.313 e. The lowest BCUT2D eigenvalue weighted by molar-refractivity contribution is -0.143. The summed E-state index contributed by atoms with van der Waals surface area (Å²) in [6, 6.07) is 8.62. The molecule has 1 N–H and O–H groups in total. The lowest BCUT2D eigenvalue weighted by Crippen LogP contribution is -2.43. The van der Waals surface area contributed by atoms with Crippen LogP contribution in [0.5, 0.6) is 0 Å². The number of hydrogen-bond donors (Lipinski definition) is 1. The average molecular weight is 301 g/mol. The zero-order chi connectivity index (χ0) is 16.7. The number of amides is 2. The van der Waals surface area contributed by atoms with E-state index in [1.807, 2.05) is 33.8 Å². The molecule has 0 spiro atoms. The number of nitriles is 1. The van der Waals surface area contributed by atoms with E-state index in [1.54, 1.807) is 29.2 Å². The van der Waals surface area contributed by atoms with Crippen LogP contribution in [0.4, 0.5) is 5.69 Å². The van der Waals surface area contributed by atoms with Gasteiger partial charge in [0.2, 0.25) is 0 Å². The zero-order valence-corrected chi connectivity index (χ0v) is 13.6. The van der Waals surface area contributed by atoms with E-state index in [0.29, 0.717) is 24.3 Å². The Morgan fingerprint density at radius 1 is 1.14 bits per heavy atom. The van der Waals surface area contributed by atoms with Crippen molar-refractivity contribution in [3.8, 4) is 6.07 Å². The van der Waals surface area contributed by atoms with Crippen LogP contribution in [0, 0.1) is 23.2 Å². The van der Waals surface area contributed by atoms with Crippen LogP contribution in [0.15, 0.2) is 24.3 Å². The number of rotatable bonds is 5. The van der Waals surface area contributed by atoms with Gasteiger partial charge in [-0.2, -0.15) is 5.26 Å². The van der Waals surface area contributed by atoms with E-state index >= 15 is 0 Å². The molecule has 1 aromatic carbocycles. The van der Waals surface area contributed by atoms with E-state index < -0.39 is 11.8 Å². The van der Waals surface area contributed by atoms with Crippen molar-refractivity contribution in [1.29, 1.82) is 5.26 Å². The first-order valence-electron chi connectivity index (χ1n) is 7.44. The summed E-state index contributed by atoms with van der Waals surface area (Å²) in [5, 5.41) is 11.6. The molecule has 0 aliphatic heterocycles. The van der Waals surface area contributed by atoms with Gasteiger partial charge >= 0.3 is 11.8 Å². The second-order valence-electron chi connectivity index (χ2n) is 6.11. The molecule has 0 aliphatic rings. The number of para-hydroxylation sites is 1. The number of benzene rings is 1. The number of carbonyl (C=O) groups excluding carboxylic acids is 2. The first-order chi connectivity index (χ1) is 10.3. The Kier molecular flexibility index (Phi) is 6.58. The fourth-order valence-electron chi connectivity index (χ4n) is 2.13. The number of anilines is 1. The molecule has 0 heterocycles.